The van der Waals surface area contributed by atoms with Gasteiger partial charge in [0.25, 0.3) is 0 Å². The smallest absolute Gasteiger partial charge is 0.306 e. The molecule has 0 radical (unpaired) electrons. The number of hydrogen-bond donors (Lipinski definition) is 0. The summed E-state index contributed by atoms with van der Waals surface area (Å²) in [5.74, 6) is -0.456. The van der Waals surface area contributed by atoms with Gasteiger partial charge in [-0.15, -0.1) is 0 Å². The van der Waals surface area contributed by atoms with Crippen LogP contribution >= 0.6 is 0 Å². The van der Waals surface area contributed by atoms with E-state index in [2.05, 4.69) is 41.5 Å². The highest BCUT2D eigenvalue weighted by Crippen LogP contribution is 2.20. The zero-order valence-electron chi connectivity index (χ0n) is 39.3. The molecule has 7 heteroatoms. The molecule has 0 N–H and O–H groups in total. The fourth-order valence-electron chi connectivity index (χ4n) is 7.18. The van der Waals surface area contributed by atoms with E-state index >= 15 is 0 Å². The molecule has 7 nitrogen and oxygen atoms in total. The second kappa shape index (κ2) is 40.2. The Balaban J connectivity index is 4.36. The van der Waals surface area contributed by atoms with Crippen LogP contribution in [0.5, 0.6) is 0 Å². The SMILES string of the molecule is CCCCCCCCCCCCCCCCCC(=O)OCC(COCCC(C)(C)OCCC(C)(C)OC)OC(=O)CCCCCCCCCCCCCCCCC. The van der Waals surface area contributed by atoms with E-state index < -0.39 is 6.10 Å². The van der Waals surface area contributed by atoms with Crippen LogP contribution in [0, 0.1) is 0 Å². The van der Waals surface area contributed by atoms with Crippen LogP contribution in [0.3, 0.4) is 0 Å². The van der Waals surface area contributed by atoms with Crippen LogP contribution < -0.4 is 0 Å². The van der Waals surface area contributed by atoms with Crippen molar-refractivity contribution in [1.29, 1.82) is 0 Å². The zero-order chi connectivity index (χ0) is 42.1. The molecule has 0 fully saturated rings. The predicted molar refractivity (Wildman–Crippen MR) is 241 cm³/mol. The van der Waals surface area contributed by atoms with Crippen molar-refractivity contribution in [2.45, 2.75) is 277 Å². The highest BCUT2D eigenvalue weighted by molar-refractivity contribution is 5.70. The molecule has 0 heterocycles. The van der Waals surface area contributed by atoms with Gasteiger partial charge in [0.15, 0.2) is 6.10 Å². The van der Waals surface area contributed by atoms with Gasteiger partial charge in [-0.25, -0.2) is 0 Å². The molecular formula is C50H98O7. The fourth-order valence-corrected chi connectivity index (χ4v) is 7.18. The molecule has 0 aromatic heterocycles. The third-order valence-corrected chi connectivity index (χ3v) is 11.6. The third kappa shape index (κ3) is 41.3. The van der Waals surface area contributed by atoms with Crippen molar-refractivity contribution in [2.75, 3.05) is 33.5 Å². The summed E-state index contributed by atoms with van der Waals surface area (Å²) in [4.78, 5) is 25.4. The molecule has 0 aliphatic heterocycles. The summed E-state index contributed by atoms with van der Waals surface area (Å²) in [5, 5.41) is 0. The Bertz CT molecular complexity index is 873. The summed E-state index contributed by atoms with van der Waals surface area (Å²) in [6.45, 7) is 14.1. The molecule has 340 valence electrons. The lowest BCUT2D eigenvalue weighted by Gasteiger charge is -2.29. The van der Waals surface area contributed by atoms with E-state index in [-0.39, 0.29) is 36.4 Å². The molecule has 0 rings (SSSR count). The Morgan fingerprint density at radius 2 is 0.789 bits per heavy atom. The fraction of sp³-hybridized carbons (Fsp3) is 0.960. The first kappa shape index (κ1) is 55.8. The number of carbonyl (C=O) groups is 2. The van der Waals surface area contributed by atoms with Gasteiger partial charge < -0.3 is 23.7 Å². The van der Waals surface area contributed by atoms with E-state index in [1.807, 2.05) is 0 Å². The van der Waals surface area contributed by atoms with Crippen molar-refractivity contribution in [3.05, 3.63) is 0 Å². The maximum absolute atomic E-state index is 12.8. The van der Waals surface area contributed by atoms with Crippen molar-refractivity contribution >= 4 is 11.9 Å². The van der Waals surface area contributed by atoms with E-state index in [9.17, 15) is 9.59 Å². The van der Waals surface area contributed by atoms with Crippen LogP contribution in [0.25, 0.3) is 0 Å². The lowest BCUT2D eigenvalue weighted by atomic mass is 10.0. The van der Waals surface area contributed by atoms with E-state index in [0.717, 1.165) is 38.5 Å². The van der Waals surface area contributed by atoms with Crippen LogP contribution in [-0.4, -0.2) is 62.8 Å². The second-order valence-corrected chi connectivity index (χ2v) is 18.3. The average molecular weight is 811 g/mol. The zero-order valence-corrected chi connectivity index (χ0v) is 39.3. The van der Waals surface area contributed by atoms with Gasteiger partial charge in [0, 0.05) is 26.6 Å². The molecule has 57 heavy (non-hydrogen) atoms. The van der Waals surface area contributed by atoms with Crippen molar-refractivity contribution in [2.24, 2.45) is 0 Å². The van der Waals surface area contributed by atoms with Gasteiger partial charge in [0.2, 0.25) is 0 Å². The number of unbranched alkanes of at least 4 members (excludes halogenated alkanes) is 28. The van der Waals surface area contributed by atoms with E-state index in [0.29, 0.717) is 32.5 Å². The molecule has 1 atom stereocenters. The van der Waals surface area contributed by atoms with E-state index in [1.54, 1.807) is 7.11 Å². The van der Waals surface area contributed by atoms with E-state index in [1.165, 1.54) is 161 Å². The van der Waals surface area contributed by atoms with Crippen LogP contribution in [0.4, 0.5) is 0 Å². The molecule has 0 spiro atoms. The summed E-state index contributed by atoms with van der Waals surface area (Å²) in [6, 6.07) is 0. The molecule has 0 saturated heterocycles. The maximum atomic E-state index is 12.8. The Kier molecular flexibility index (Phi) is 39.4. The van der Waals surface area contributed by atoms with Crippen molar-refractivity contribution in [3.63, 3.8) is 0 Å². The van der Waals surface area contributed by atoms with Gasteiger partial charge in [-0.3, -0.25) is 9.59 Å². The van der Waals surface area contributed by atoms with Crippen molar-refractivity contribution < 1.29 is 33.3 Å². The molecule has 0 saturated carbocycles. The number of ether oxygens (including phenoxy) is 5. The highest BCUT2D eigenvalue weighted by atomic mass is 16.6. The lowest BCUT2D eigenvalue weighted by Crippen LogP contribution is -2.33. The number of esters is 2. The topological polar surface area (TPSA) is 80.3 Å². The summed E-state index contributed by atoms with van der Waals surface area (Å²) in [5.41, 5.74) is -0.580. The highest BCUT2D eigenvalue weighted by Gasteiger charge is 2.23. The lowest BCUT2D eigenvalue weighted by molar-refractivity contribution is -0.163. The Morgan fingerprint density at radius 1 is 0.439 bits per heavy atom. The Hall–Kier alpha value is -1.18. The summed E-state index contributed by atoms with van der Waals surface area (Å²) >= 11 is 0. The molecule has 0 amide bonds. The van der Waals surface area contributed by atoms with Crippen LogP contribution in [0.15, 0.2) is 0 Å². The second-order valence-electron chi connectivity index (χ2n) is 18.3. The predicted octanol–water partition coefficient (Wildman–Crippen LogP) is 15.0. The Labute approximate surface area is 355 Å². The standard InChI is InChI=1S/C50H98O7/c1-8-10-12-14-16-18-20-22-24-26-28-30-32-34-36-38-47(51)55-45-46(44-54-42-40-50(5,6)56-43-41-49(3,4)53-7)57-48(52)39-37-35-33-31-29-27-25-23-21-19-17-15-13-11-9-2/h46H,8-45H2,1-7H3. The first-order valence-electron chi connectivity index (χ1n) is 24.7. The minimum Gasteiger partial charge on any atom is -0.462 e. The molecule has 0 aromatic rings. The summed E-state index contributed by atoms with van der Waals surface area (Å²) in [6.07, 6.45) is 40.4. The summed E-state index contributed by atoms with van der Waals surface area (Å²) in [7, 11) is 1.72. The maximum Gasteiger partial charge on any atom is 0.306 e. The first-order chi connectivity index (χ1) is 27.5. The van der Waals surface area contributed by atoms with Crippen molar-refractivity contribution in [1.82, 2.24) is 0 Å². The molecular weight excluding hydrogens is 713 g/mol. The largest absolute Gasteiger partial charge is 0.462 e. The van der Waals surface area contributed by atoms with Gasteiger partial charge in [0.05, 0.1) is 24.4 Å². The molecule has 0 aliphatic carbocycles. The van der Waals surface area contributed by atoms with E-state index in [4.69, 9.17) is 23.7 Å². The summed E-state index contributed by atoms with van der Waals surface area (Å²) < 4.78 is 29.0. The number of hydrogen-bond acceptors (Lipinski definition) is 7. The molecule has 0 aromatic carbocycles. The van der Waals surface area contributed by atoms with Gasteiger partial charge in [0.1, 0.15) is 6.61 Å². The van der Waals surface area contributed by atoms with Gasteiger partial charge in [-0.2, -0.15) is 0 Å². The Morgan fingerprint density at radius 3 is 1.18 bits per heavy atom. The average Bonchev–Trinajstić information content (AvgIpc) is 3.18. The number of rotatable bonds is 45. The first-order valence-corrected chi connectivity index (χ1v) is 24.7. The van der Waals surface area contributed by atoms with Crippen LogP contribution in [-0.2, 0) is 33.3 Å². The van der Waals surface area contributed by atoms with Crippen LogP contribution in [0.2, 0.25) is 0 Å². The quantitative estimate of drug-likeness (QED) is 0.0447. The number of carbonyl (C=O) groups excluding carboxylic acids is 2. The van der Waals surface area contributed by atoms with Crippen molar-refractivity contribution in [3.8, 4) is 0 Å². The minimum absolute atomic E-state index is 0.0359. The molecule has 1 unspecified atom stereocenters. The number of methoxy groups -OCH3 is 1. The molecule has 0 bridgehead atoms. The normalized spacial score (nSPS) is 12.6. The van der Waals surface area contributed by atoms with Gasteiger partial charge in [-0.05, 0) is 53.4 Å². The van der Waals surface area contributed by atoms with Gasteiger partial charge in [-0.1, -0.05) is 194 Å². The van der Waals surface area contributed by atoms with Gasteiger partial charge >= 0.3 is 11.9 Å². The van der Waals surface area contributed by atoms with Crippen LogP contribution in [0.1, 0.15) is 260 Å². The minimum atomic E-state index is -0.606. The molecule has 0 aliphatic rings. The monoisotopic (exact) mass is 811 g/mol. The third-order valence-electron chi connectivity index (χ3n) is 11.6.